The van der Waals surface area contributed by atoms with Gasteiger partial charge in [-0.05, 0) is 50.3 Å². The summed E-state index contributed by atoms with van der Waals surface area (Å²) >= 11 is 0. The molecule has 1 saturated carbocycles. The number of nitrogens with one attached hydrogen (secondary N) is 1. The van der Waals surface area contributed by atoms with Crippen LogP contribution in [0.3, 0.4) is 0 Å². The van der Waals surface area contributed by atoms with Crippen LogP contribution in [0.15, 0.2) is 28.2 Å². The highest BCUT2D eigenvalue weighted by Crippen LogP contribution is 2.41. The van der Waals surface area contributed by atoms with Crippen LogP contribution in [-0.2, 0) is 4.79 Å². The molecular formula is C17H24N6O. The maximum absolute atomic E-state index is 11.4. The minimum Gasteiger partial charge on any atom is -0.369 e. The van der Waals surface area contributed by atoms with E-state index in [1.54, 1.807) is 0 Å². The zero-order valence-electron chi connectivity index (χ0n) is 14.2. The first kappa shape index (κ1) is 16.3. The quantitative estimate of drug-likeness (QED) is 0.772. The molecule has 1 aromatic rings. The van der Waals surface area contributed by atoms with E-state index in [4.69, 9.17) is 11.5 Å². The van der Waals surface area contributed by atoms with Crippen molar-refractivity contribution >= 4 is 29.2 Å². The van der Waals surface area contributed by atoms with Crippen molar-refractivity contribution in [1.82, 2.24) is 0 Å². The minimum atomic E-state index is -0.478. The smallest absolute Gasteiger partial charge is 0.221 e. The van der Waals surface area contributed by atoms with Gasteiger partial charge in [0, 0.05) is 12.6 Å². The van der Waals surface area contributed by atoms with E-state index in [1.165, 1.54) is 13.3 Å². The third-order valence-corrected chi connectivity index (χ3v) is 4.71. The number of rotatable bonds is 2. The Bertz CT molecular complexity index is 718. The van der Waals surface area contributed by atoms with Gasteiger partial charge in [-0.15, -0.1) is 0 Å². The van der Waals surface area contributed by atoms with Gasteiger partial charge in [0.05, 0.1) is 5.69 Å². The Morgan fingerprint density at radius 3 is 2.62 bits per heavy atom. The molecule has 5 N–H and O–H groups in total. The fourth-order valence-electron chi connectivity index (χ4n) is 3.66. The Hall–Kier alpha value is -2.57. The Morgan fingerprint density at radius 1 is 1.25 bits per heavy atom. The monoisotopic (exact) mass is 328 g/mol. The fraction of sp³-hybridized carbons (Fsp3) is 0.471. The molecule has 7 nitrogen and oxygen atoms in total. The topological polar surface area (TPSA) is 109 Å². The van der Waals surface area contributed by atoms with Crippen LogP contribution in [0.2, 0.25) is 0 Å². The van der Waals surface area contributed by atoms with Gasteiger partial charge in [0.2, 0.25) is 17.8 Å². The number of hydrogen-bond donors (Lipinski definition) is 3. The number of carbonyl (C=O) groups excluding carboxylic acids is 1. The number of carbonyl (C=O) groups is 1. The molecule has 0 aromatic heterocycles. The summed E-state index contributed by atoms with van der Waals surface area (Å²) in [5, 5.41) is 2.86. The van der Waals surface area contributed by atoms with Gasteiger partial charge >= 0.3 is 0 Å². The van der Waals surface area contributed by atoms with Crippen molar-refractivity contribution in [1.29, 1.82) is 0 Å². The zero-order valence-corrected chi connectivity index (χ0v) is 14.2. The highest BCUT2D eigenvalue weighted by molar-refractivity contribution is 6.06. The van der Waals surface area contributed by atoms with Gasteiger partial charge in [0.25, 0.3) is 0 Å². The van der Waals surface area contributed by atoms with E-state index < -0.39 is 5.66 Å². The number of nitrogens with zero attached hydrogens (tertiary/aromatic N) is 3. The first-order chi connectivity index (χ1) is 11.4. The molecular weight excluding hydrogens is 304 g/mol. The Labute approximate surface area is 141 Å². The fourth-order valence-corrected chi connectivity index (χ4v) is 3.66. The number of guanidine groups is 2. The maximum Gasteiger partial charge on any atom is 0.221 e. The van der Waals surface area contributed by atoms with E-state index in [0.29, 0.717) is 5.96 Å². The average Bonchev–Trinajstić information content (AvgIpc) is 2.50. The van der Waals surface area contributed by atoms with Crippen molar-refractivity contribution in [2.75, 3.05) is 10.2 Å². The molecule has 1 heterocycles. The Morgan fingerprint density at radius 2 is 1.96 bits per heavy atom. The van der Waals surface area contributed by atoms with Crippen LogP contribution >= 0.6 is 0 Å². The van der Waals surface area contributed by atoms with Crippen molar-refractivity contribution in [3.05, 3.63) is 23.8 Å². The predicted octanol–water partition coefficient (Wildman–Crippen LogP) is 2.06. The van der Waals surface area contributed by atoms with E-state index >= 15 is 0 Å². The second kappa shape index (κ2) is 6.14. The number of anilines is 2. The van der Waals surface area contributed by atoms with Gasteiger partial charge in [-0.3, -0.25) is 9.69 Å². The zero-order chi connectivity index (χ0) is 17.3. The summed E-state index contributed by atoms with van der Waals surface area (Å²) in [4.78, 5) is 22.3. The average molecular weight is 328 g/mol. The number of nitrogens with two attached hydrogens (primary N) is 2. The van der Waals surface area contributed by atoms with Gasteiger partial charge < -0.3 is 16.8 Å². The number of amides is 1. The van der Waals surface area contributed by atoms with Gasteiger partial charge in [-0.2, -0.15) is 4.99 Å². The number of aliphatic imine (C=N–C) groups is 2. The lowest BCUT2D eigenvalue weighted by Gasteiger charge is -2.46. The normalized spacial score (nSPS) is 19.7. The van der Waals surface area contributed by atoms with Crippen LogP contribution in [0, 0.1) is 6.92 Å². The van der Waals surface area contributed by atoms with Gasteiger partial charge in [-0.1, -0.05) is 12.5 Å². The molecule has 1 aliphatic carbocycles. The standard InChI is InChI=1S/C17H24N6O/c1-11-13(20-12(2)24)7-6-8-14(11)23-16(19)21-15(18)22-17(23)9-4-3-5-10-17/h6-8H,3-5,9-10H2,1-2H3,(H,20,24)(H4,18,19,21,22). The maximum atomic E-state index is 11.4. The molecule has 0 bridgehead atoms. The summed E-state index contributed by atoms with van der Waals surface area (Å²) in [6.45, 7) is 3.46. The second-order valence-electron chi connectivity index (χ2n) is 6.45. The molecule has 128 valence electrons. The molecule has 0 radical (unpaired) electrons. The van der Waals surface area contributed by atoms with Crippen molar-refractivity contribution < 1.29 is 4.79 Å². The molecule has 24 heavy (non-hydrogen) atoms. The third kappa shape index (κ3) is 2.81. The second-order valence-corrected chi connectivity index (χ2v) is 6.45. The van der Waals surface area contributed by atoms with Crippen molar-refractivity contribution in [3.63, 3.8) is 0 Å². The predicted molar refractivity (Wildman–Crippen MR) is 97.0 cm³/mol. The van der Waals surface area contributed by atoms with E-state index in [2.05, 4.69) is 15.3 Å². The Balaban J connectivity index is 2.09. The molecule has 0 saturated heterocycles. The molecule has 1 aliphatic heterocycles. The summed E-state index contributed by atoms with van der Waals surface area (Å²) in [5.74, 6) is 0.485. The molecule has 0 atom stereocenters. The number of hydrogen-bond acceptors (Lipinski definition) is 6. The SMILES string of the molecule is CC(=O)Nc1cccc(N2C(N)=NC(N)=NC23CCCCC3)c1C. The summed E-state index contributed by atoms with van der Waals surface area (Å²) in [6.07, 6.45) is 5.10. The van der Waals surface area contributed by atoms with Gasteiger partial charge in [0.15, 0.2) is 0 Å². The lowest BCUT2D eigenvalue weighted by molar-refractivity contribution is -0.114. The number of benzene rings is 1. The molecule has 7 heteroatoms. The molecule has 0 unspecified atom stereocenters. The van der Waals surface area contributed by atoms with Crippen LogP contribution in [0.5, 0.6) is 0 Å². The van der Waals surface area contributed by atoms with E-state index in [0.717, 1.165) is 42.6 Å². The molecule has 3 rings (SSSR count). The van der Waals surface area contributed by atoms with Gasteiger partial charge in [0.1, 0.15) is 5.66 Å². The van der Waals surface area contributed by atoms with Crippen molar-refractivity contribution in [3.8, 4) is 0 Å². The Kier molecular flexibility index (Phi) is 4.17. The van der Waals surface area contributed by atoms with Crippen LogP contribution in [0.1, 0.15) is 44.6 Å². The molecule has 1 fully saturated rings. The molecule has 1 spiro atoms. The van der Waals surface area contributed by atoms with Gasteiger partial charge in [-0.25, -0.2) is 4.99 Å². The summed E-state index contributed by atoms with van der Waals surface area (Å²) < 4.78 is 0. The summed E-state index contributed by atoms with van der Waals surface area (Å²) in [6, 6.07) is 5.76. The van der Waals surface area contributed by atoms with Crippen LogP contribution in [0.4, 0.5) is 11.4 Å². The van der Waals surface area contributed by atoms with Crippen molar-refractivity contribution in [2.45, 2.75) is 51.6 Å². The molecule has 1 aromatic carbocycles. The summed E-state index contributed by atoms with van der Waals surface area (Å²) in [5.41, 5.74) is 14.3. The largest absolute Gasteiger partial charge is 0.369 e. The highest BCUT2D eigenvalue weighted by Gasteiger charge is 2.43. The first-order valence-electron chi connectivity index (χ1n) is 8.30. The van der Waals surface area contributed by atoms with E-state index in [-0.39, 0.29) is 11.9 Å². The molecule has 1 amide bonds. The minimum absolute atomic E-state index is 0.106. The van der Waals surface area contributed by atoms with Crippen LogP contribution in [0.25, 0.3) is 0 Å². The third-order valence-electron chi connectivity index (χ3n) is 4.71. The lowest BCUT2D eigenvalue weighted by Crippen LogP contribution is -2.58. The van der Waals surface area contributed by atoms with Crippen LogP contribution < -0.4 is 21.7 Å². The van der Waals surface area contributed by atoms with Crippen LogP contribution in [-0.4, -0.2) is 23.5 Å². The van der Waals surface area contributed by atoms with E-state index in [1.807, 2.05) is 30.0 Å². The molecule has 2 aliphatic rings. The highest BCUT2D eigenvalue weighted by atomic mass is 16.1. The van der Waals surface area contributed by atoms with E-state index in [9.17, 15) is 4.79 Å². The lowest BCUT2D eigenvalue weighted by atomic mass is 9.87. The summed E-state index contributed by atoms with van der Waals surface area (Å²) in [7, 11) is 0. The first-order valence-corrected chi connectivity index (χ1v) is 8.30. The van der Waals surface area contributed by atoms with Crippen molar-refractivity contribution in [2.24, 2.45) is 21.5 Å².